The fourth-order valence-corrected chi connectivity index (χ4v) is 5.27. The van der Waals surface area contributed by atoms with Gasteiger partial charge < -0.3 is 9.64 Å². The molecule has 1 aromatic carbocycles. The highest BCUT2D eigenvalue weighted by Gasteiger charge is 2.33. The maximum atomic E-state index is 13.0. The lowest BCUT2D eigenvalue weighted by Crippen LogP contribution is -2.48. The van der Waals surface area contributed by atoms with E-state index in [1.165, 1.54) is 4.31 Å². The number of benzene rings is 1. The minimum absolute atomic E-state index is 0.0980. The molecule has 0 aromatic heterocycles. The second-order valence-electron chi connectivity index (χ2n) is 6.68. The summed E-state index contributed by atoms with van der Waals surface area (Å²) in [6.07, 6.45) is 1.17. The second kappa shape index (κ2) is 6.46. The Morgan fingerprint density at radius 3 is 2.38 bits per heavy atom. The molecule has 0 aliphatic carbocycles. The van der Waals surface area contributed by atoms with Crippen LogP contribution in [-0.4, -0.2) is 50.5 Å². The van der Waals surface area contributed by atoms with Crippen molar-refractivity contribution in [2.75, 3.05) is 24.5 Å². The zero-order valence-corrected chi connectivity index (χ0v) is 15.2. The number of rotatable bonds is 3. The molecule has 2 aliphatic heterocycles. The van der Waals surface area contributed by atoms with E-state index in [-0.39, 0.29) is 18.1 Å². The van der Waals surface area contributed by atoms with Gasteiger partial charge in [-0.25, -0.2) is 8.42 Å². The number of ether oxygens (including phenoxy) is 1. The topological polar surface area (TPSA) is 66.9 Å². The van der Waals surface area contributed by atoms with Crippen molar-refractivity contribution in [1.29, 1.82) is 0 Å². The Labute approximate surface area is 143 Å². The summed E-state index contributed by atoms with van der Waals surface area (Å²) in [7, 11) is -3.56. The molecule has 6 nitrogen and oxygen atoms in total. The first-order valence-corrected chi connectivity index (χ1v) is 9.79. The van der Waals surface area contributed by atoms with Gasteiger partial charge in [0.1, 0.15) is 0 Å². The number of aryl methyl sites for hydroxylation is 1. The van der Waals surface area contributed by atoms with Crippen LogP contribution in [0, 0.1) is 6.92 Å². The van der Waals surface area contributed by atoms with Crippen LogP contribution in [0.25, 0.3) is 0 Å². The van der Waals surface area contributed by atoms with Crippen LogP contribution < -0.4 is 4.90 Å². The molecule has 3 rings (SSSR count). The predicted octanol–water partition coefficient (Wildman–Crippen LogP) is 1.92. The number of carbonyl (C=O) groups excluding carboxylic acids is 1. The van der Waals surface area contributed by atoms with Crippen molar-refractivity contribution in [1.82, 2.24) is 4.31 Å². The molecule has 2 heterocycles. The predicted molar refractivity (Wildman–Crippen MR) is 91.5 cm³/mol. The molecule has 0 radical (unpaired) electrons. The van der Waals surface area contributed by atoms with Crippen LogP contribution in [0.4, 0.5) is 5.69 Å². The summed E-state index contributed by atoms with van der Waals surface area (Å²) in [5, 5.41) is 0. The first-order valence-electron chi connectivity index (χ1n) is 8.35. The largest absolute Gasteiger partial charge is 0.373 e. The number of hydrogen-bond donors (Lipinski definition) is 0. The summed E-state index contributed by atoms with van der Waals surface area (Å²) in [5.74, 6) is 0.0980. The fraction of sp³-hybridized carbons (Fsp3) is 0.588. The van der Waals surface area contributed by atoms with Crippen LogP contribution in [0.1, 0.15) is 32.3 Å². The number of hydrogen-bond acceptors (Lipinski definition) is 4. The molecule has 2 saturated heterocycles. The highest BCUT2D eigenvalue weighted by molar-refractivity contribution is 7.89. The lowest BCUT2D eigenvalue weighted by atomic mass is 10.2. The van der Waals surface area contributed by atoms with Crippen molar-refractivity contribution in [2.45, 2.75) is 50.7 Å². The number of nitrogens with zero attached hydrogens (tertiary/aromatic N) is 2. The molecule has 1 aromatic rings. The van der Waals surface area contributed by atoms with E-state index in [2.05, 4.69) is 0 Å². The molecule has 0 unspecified atom stereocenters. The molecule has 0 bridgehead atoms. The molecule has 24 heavy (non-hydrogen) atoms. The zero-order chi connectivity index (χ0) is 17.5. The van der Waals surface area contributed by atoms with Gasteiger partial charge in [0.2, 0.25) is 15.9 Å². The molecule has 0 spiro atoms. The van der Waals surface area contributed by atoms with Crippen molar-refractivity contribution < 1.29 is 17.9 Å². The van der Waals surface area contributed by atoms with Crippen LogP contribution >= 0.6 is 0 Å². The van der Waals surface area contributed by atoms with Crippen LogP contribution in [0.15, 0.2) is 23.1 Å². The summed E-state index contributed by atoms with van der Waals surface area (Å²) < 4.78 is 33.1. The number of amides is 1. The molecular weight excluding hydrogens is 328 g/mol. The quantitative estimate of drug-likeness (QED) is 0.833. The standard InChI is InChI=1S/C17H24N2O4S/c1-12-9-15(19-8-4-5-17(19)20)6-7-16(12)24(21,22)18-10-13(2)23-14(3)11-18/h6-7,9,13-14H,4-5,8,10-11H2,1-3H3/t13-,14-/m0/s1. The van der Waals surface area contributed by atoms with Gasteiger partial charge in [-0.2, -0.15) is 4.31 Å². The van der Waals surface area contributed by atoms with Crippen LogP contribution in [-0.2, 0) is 19.6 Å². The minimum atomic E-state index is -3.56. The Kier molecular flexibility index (Phi) is 4.68. The van der Waals surface area contributed by atoms with Gasteiger partial charge in [-0.05, 0) is 51.0 Å². The third-order valence-corrected chi connectivity index (χ3v) is 6.54. The molecule has 132 valence electrons. The number of sulfonamides is 1. The lowest BCUT2D eigenvalue weighted by Gasteiger charge is -2.34. The summed E-state index contributed by atoms with van der Waals surface area (Å²) in [4.78, 5) is 13.9. The van der Waals surface area contributed by atoms with Crippen molar-refractivity contribution in [3.05, 3.63) is 23.8 Å². The third-order valence-electron chi connectivity index (χ3n) is 4.55. The Balaban J connectivity index is 1.89. The van der Waals surface area contributed by atoms with Crippen LogP contribution in [0.5, 0.6) is 0 Å². The highest BCUT2D eigenvalue weighted by atomic mass is 32.2. The summed E-state index contributed by atoms with van der Waals surface area (Å²) in [6, 6.07) is 5.15. The van der Waals surface area contributed by atoms with Gasteiger partial charge in [0.15, 0.2) is 0 Å². The van der Waals surface area contributed by atoms with Gasteiger partial charge in [-0.3, -0.25) is 4.79 Å². The van der Waals surface area contributed by atoms with E-state index < -0.39 is 10.0 Å². The van der Waals surface area contributed by atoms with Crippen molar-refractivity contribution >= 4 is 21.6 Å². The van der Waals surface area contributed by atoms with Crippen molar-refractivity contribution in [3.8, 4) is 0 Å². The number of anilines is 1. The summed E-state index contributed by atoms with van der Waals surface area (Å²) >= 11 is 0. The maximum absolute atomic E-state index is 13.0. The zero-order valence-electron chi connectivity index (χ0n) is 14.4. The molecule has 0 N–H and O–H groups in total. The second-order valence-corrected chi connectivity index (χ2v) is 8.58. The van der Waals surface area contributed by atoms with Gasteiger partial charge >= 0.3 is 0 Å². The van der Waals surface area contributed by atoms with E-state index in [0.29, 0.717) is 36.5 Å². The van der Waals surface area contributed by atoms with Gasteiger partial charge in [0.05, 0.1) is 17.1 Å². The number of morpholine rings is 1. The smallest absolute Gasteiger partial charge is 0.243 e. The first kappa shape index (κ1) is 17.4. The van der Waals surface area contributed by atoms with Crippen molar-refractivity contribution in [3.63, 3.8) is 0 Å². The molecule has 0 saturated carbocycles. The minimum Gasteiger partial charge on any atom is -0.373 e. The van der Waals surface area contributed by atoms with Gasteiger partial charge in [-0.1, -0.05) is 0 Å². The summed E-state index contributed by atoms with van der Waals surface area (Å²) in [5.41, 5.74) is 1.44. The molecular formula is C17H24N2O4S. The number of carbonyl (C=O) groups is 1. The average Bonchev–Trinajstić information content (AvgIpc) is 2.92. The summed E-state index contributed by atoms with van der Waals surface area (Å²) in [6.45, 7) is 6.96. The normalized spacial score (nSPS) is 26.1. The van der Waals surface area contributed by atoms with Crippen molar-refractivity contribution in [2.24, 2.45) is 0 Å². The third kappa shape index (κ3) is 3.20. The maximum Gasteiger partial charge on any atom is 0.243 e. The van der Waals surface area contributed by atoms with E-state index in [9.17, 15) is 13.2 Å². The first-order chi connectivity index (χ1) is 11.3. The Hall–Kier alpha value is -1.44. The Morgan fingerprint density at radius 1 is 1.17 bits per heavy atom. The van der Waals surface area contributed by atoms with E-state index >= 15 is 0 Å². The Bertz CT molecular complexity index is 737. The van der Waals surface area contributed by atoms with E-state index in [0.717, 1.165) is 12.1 Å². The molecule has 2 atom stereocenters. The SMILES string of the molecule is Cc1cc(N2CCCC2=O)ccc1S(=O)(=O)N1C[C@H](C)O[C@@H](C)C1. The Morgan fingerprint density at radius 2 is 1.83 bits per heavy atom. The van der Waals surface area contributed by atoms with E-state index in [4.69, 9.17) is 4.74 Å². The van der Waals surface area contributed by atoms with E-state index in [1.54, 1.807) is 30.0 Å². The van der Waals surface area contributed by atoms with Gasteiger partial charge in [0.25, 0.3) is 0 Å². The molecule has 7 heteroatoms. The average molecular weight is 352 g/mol. The monoisotopic (exact) mass is 352 g/mol. The lowest BCUT2D eigenvalue weighted by molar-refractivity contribution is -0.117. The van der Waals surface area contributed by atoms with Crippen LogP contribution in [0.2, 0.25) is 0 Å². The van der Waals surface area contributed by atoms with Gasteiger partial charge in [-0.15, -0.1) is 0 Å². The fourth-order valence-electron chi connectivity index (χ4n) is 3.48. The van der Waals surface area contributed by atoms with Gasteiger partial charge in [0, 0.05) is 31.7 Å². The molecule has 1 amide bonds. The van der Waals surface area contributed by atoms with Crippen LogP contribution in [0.3, 0.4) is 0 Å². The highest BCUT2D eigenvalue weighted by Crippen LogP contribution is 2.28. The van der Waals surface area contributed by atoms with E-state index in [1.807, 2.05) is 13.8 Å². The molecule has 2 fully saturated rings. The molecule has 2 aliphatic rings.